The molecular formula is C16H15F4N5O. The van der Waals surface area contributed by atoms with Crippen molar-refractivity contribution in [3.63, 3.8) is 0 Å². The number of halogens is 4. The molecule has 2 aromatic heterocycles. The van der Waals surface area contributed by atoms with E-state index in [1.165, 1.54) is 17.0 Å². The largest absolute Gasteiger partial charge is 0.458 e. The Kier molecular flexibility index (Phi) is 3.10. The molecule has 2 bridgehead atoms. The van der Waals surface area contributed by atoms with Crippen molar-refractivity contribution in [2.75, 3.05) is 18.0 Å². The molecule has 2 saturated heterocycles. The number of pyridine rings is 1. The molecule has 3 fully saturated rings. The van der Waals surface area contributed by atoms with E-state index in [9.17, 15) is 17.6 Å². The summed E-state index contributed by atoms with van der Waals surface area (Å²) < 4.78 is 56.1. The smallest absolute Gasteiger partial charge is 0.446 e. The zero-order valence-electron chi connectivity index (χ0n) is 13.5. The van der Waals surface area contributed by atoms with E-state index in [4.69, 9.17) is 4.74 Å². The number of fused-ring (bicyclic) bond motifs is 1. The summed E-state index contributed by atoms with van der Waals surface area (Å²) in [6, 6.07) is 3.39. The van der Waals surface area contributed by atoms with E-state index < -0.39 is 12.0 Å². The molecule has 0 spiro atoms. The number of piperidine rings is 2. The minimum Gasteiger partial charge on any atom is -0.458 e. The van der Waals surface area contributed by atoms with E-state index in [-0.39, 0.29) is 23.2 Å². The average Bonchev–Trinajstić information content (AvgIpc) is 2.99. The zero-order valence-corrected chi connectivity index (χ0v) is 13.5. The number of anilines is 1. The molecule has 26 heavy (non-hydrogen) atoms. The molecule has 0 amide bonds. The SMILES string of the molecule is F/C(=C\Oc1cccn2nc(N3[C@H]4[C@H]5CC[C@]43CNC5)nc12)C(F)(F)F. The van der Waals surface area contributed by atoms with Crippen molar-refractivity contribution in [1.82, 2.24) is 19.9 Å². The fourth-order valence-electron chi connectivity index (χ4n) is 4.44. The quantitative estimate of drug-likeness (QED) is 0.512. The summed E-state index contributed by atoms with van der Waals surface area (Å²) in [5, 5.41) is 7.87. The van der Waals surface area contributed by atoms with Crippen molar-refractivity contribution in [2.24, 2.45) is 5.92 Å². The third kappa shape index (κ3) is 2.14. The Morgan fingerprint density at radius 1 is 1.42 bits per heavy atom. The standard InChI is InChI=1S/C16H15F4N5O/c17-11(16(18,19)20)7-26-10-2-1-5-24-13(10)22-14(23-24)25-12-9-3-4-15(12,25)8-21-6-9/h1-2,5,7,9,12,21H,3-4,6,8H2/b11-7-/t9-,12-,15-,25?/m0/s1. The van der Waals surface area contributed by atoms with Crippen molar-refractivity contribution in [1.29, 1.82) is 0 Å². The van der Waals surface area contributed by atoms with Crippen molar-refractivity contribution in [3.05, 3.63) is 30.4 Å². The molecule has 5 rings (SSSR count). The highest BCUT2D eigenvalue weighted by Gasteiger charge is 2.71. The molecule has 1 N–H and O–H groups in total. The fraction of sp³-hybridized carbons (Fsp3) is 0.500. The summed E-state index contributed by atoms with van der Waals surface area (Å²) >= 11 is 0. The van der Waals surface area contributed by atoms with Gasteiger partial charge in [-0.1, -0.05) is 0 Å². The van der Waals surface area contributed by atoms with Gasteiger partial charge in [0.05, 0.1) is 11.6 Å². The van der Waals surface area contributed by atoms with E-state index in [0.29, 0.717) is 17.9 Å². The Morgan fingerprint density at radius 2 is 2.27 bits per heavy atom. The Balaban J connectivity index is 1.46. The Labute approximate surface area is 145 Å². The highest BCUT2D eigenvalue weighted by molar-refractivity contribution is 5.62. The number of nitrogens with zero attached hydrogens (tertiary/aromatic N) is 4. The summed E-state index contributed by atoms with van der Waals surface area (Å²) in [4.78, 5) is 6.63. The van der Waals surface area contributed by atoms with E-state index >= 15 is 0 Å². The fourth-order valence-corrected chi connectivity index (χ4v) is 4.44. The molecule has 138 valence electrons. The molecule has 1 saturated carbocycles. The molecule has 0 unspecified atom stereocenters. The van der Waals surface area contributed by atoms with Gasteiger partial charge < -0.3 is 15.0 Å². The lowest BCUT2D eigenvalue weighted by molar-refractivity contribution is -0.110. The van der Waals surface area contributed by atoms with Crippen LogP contribution in [0.2, 0.25) is 0 Å². The summed E-state index contributed by atoms with van der Waals surface area (Å²) in [5.41, 5.74) is 0.301. The monoisotopic (exact) mass is 369 g/mol. The number of hydrogen-bond donors (Lipinski definition) is 1. The predicted octanol–water partition coefficient (Wildman–Crippen LogP) is 2.42. The third-order valence-corrected chi connectivity index (χ3v) is 5.56. The molecule has 3 atom stereocenters. The Hall–Kier alpha value is -2.36. The Bertz CT molecular complexity index is 904. The van der Waals surface area contributed by atoms with Gasteiger partial charge in [-0.15, -0.1) is 5.10 Å². The summed E-state index contributed by atoms with van der Waals surface area (Å²) in [7, 11) is 0. The van der Waals surface area contributed by atoms with Crippen LogP contribution < -0.4 is 15.0 Å². The normalized spacial score (nSPS) is 30.6. The lowest BCUT2D eigenvalue weighted by Gasteiger charge is -2.14. The van der Waals surface area contributed by atoms with Gasteiger partial charge in [-0.3, -0.25) is 0 Å². The second kappa shape index (κ2) is 5.09. The number of aromatic nitrogens is 3. The number of alkyl halides is 3. The number of hydrogen-bond acceptors (Lipinski definition) is 5. The minimum atomic E-state index is -5.08. The Morgan fingerprint density at radius 3 is 3.04 bits per heavy atom. The van der Waals surface area contributed by atoms with Crippen LogP contribution in [0.25, 0.3) is 5.65 Å². The van der Waals surface area contributed by atoms with Gasteiger partial charge in [0.25, 0.3) is 0 Å². The molecule has 2 aromatic rings. The van der Waals surface area contributed by atoms with Crippen molar-refractivity contribution >= 4 is 11.6 Å². The van der Waals surface area contributed by atoms with Crippen molar-refractivity contribution in [2.45, 2.75) is 30.6 Å². The van der Waals surface area contributed by atoms with Crippen LogP contribution in [0.5, 0.6) is 5.75 Å². The first-order valence-corrected chi connectivity index (χ1v) is 8.35. The molecule has 0 radical (unpaired) electrons. The first kappa shape index (κ1) is 15.9. The second-order valence-electron chi connectivity index (χ2n) is 6.98. The molecule has 2 aliphatic heterocycles. The second-order valence-corrected chi connectivity index (χ2v) is 6.98. The number of nitrogens with one attached hydrogen (secondary N) is 1. The van der Waals surface area contributed by atoms with Gasteiger partial charge in [0, 0.05) is 19.3 Å². The first-order valence-electron chi connectivity index (χ1n) is 8.35. The van der Waals surface area contributed by atoms with Gasteiger partial charge in [-0.25, -0.2) is 4.52 Å². The van der Waals surface area contributed by atoms with Gasteiger partial charge >= 0.3 is 6.18 Å². The summed E-state index contributed by atoms with van der Waals surface area (Å²) in [5.74, 6) is -1.20. The topological polar surface area (TPSA) is 54.5 Å². The predicted molar refractivity (Wildman–Crippen MR) is 83.5 cm³/mol. The van der Waals surface area contributed by atoms with Gasteiger partial charge in [0.15, 0.2) is 11.4 Å². The van der Waals surface area contributed by atoms with Crippen LogP contribution in [0.1, 0.15) is 12.8 Å². The maximum atomic E-state index is 13.0. The van der Waals surface area contributed by atoms with E-state index in [2.05, 4.69) is 20.3 Å². The molecular weight excluding hydrogens is 354 g/mol. The van der Waals surface area contributed by atoms with Crippen LogP contribution in [-0.4, -0.2) is 45.4 Å². The van der Waals surface area contributed by atoms with Crippen LogP contribution >= 0.6 is 0 Å². The molecule has 0 aromatic carbocycles. The van der Waals surface area contributed by atoms with Crippen LogP contribution in [0.15, 0.2) is 30.4 Å². The van der Waals surface area contributed by atoms with Crippen LogP contribution in [0.4, 0.5) is 23.5 Å². The molecule has 1 aliphatic carbocycles. The minimum absolute atomic E-state index is 0.0104. The van der Waals surface area contributed by atoms with E-state index in [0.717, 1.165) is 19.5 Å². The maximum Gasteiger partial charge on any atom is 0.446 e. The van der Waals surface area contributed by atoms with Gasteiger partial charge in [-0.05, 0) is 30.9 Å². The van der Waals surface area contributed by atoms with Crippen LogP contribution in [-0.2, 0) is 0 Å². The highest BCUT2D eigenvalue weighted by Crippen LogP contribution is 2.58. The molecule has 3 aliphatic rings. The lowest BCUT2D eigenvalue weighted by Crippen LogP contribution is -2.37. The van der Waals surface area contributed by atoms with Crippen LogP contribution in [0, 0.1) is 5.92 Å². The molecule has 4 heterocycles. The summed E-state index contributed by atoms with van der Waals surface area (Å²) in [6.07, 6.45) is -1.15. The van der Waals surface area contributed by atoms with Crippen LogP contribution in [0.3, 0.4) is 0 Å². The van der Waals surface area contributed by atoms with Gasteiger partial charge in [0.1, 0.15) is 6.26 Å². The number of rotatable bonds is 3. The summed E-state index contributed by atoms with van der Waals surface area (Å²) in [6.45, 7) is 1.86. The zero-order chi connectivity index (χ0) is 18.1. The van der Waals surface area contributed by atoms with Crippen molar-refractivity contribution < 1.29 is 22.3 Å². The van der Waals surface area contributed by atoms with Gasteiger partial charge in [0.2, 0.25) is 11.8 Å². The molecule has 10 heteroatoms. The molecule has 6 nitrogen and oxygen atoms in total. The number of allylic oxidation sites excluding steroid dienone is 1. The highest BCUT2D eigenvalue weighted by atomic mass is 19.4. The third-order valence-electron chi connectivity index (χ3n) is 5.56. The average molecular weight is 369 g/mol. The van der Waals surface area contributed by atoms with E-state index in [1.807, 2.05) is 0 Å². The van der Waals surface area contributed by atoms with E-state index in [1.54, 1.807) is 12.3 Å². The first-order chi connectivity index (χ1) is 12.4. The maximum absolute atomic E-state index is 13.0. The van der Waals surface area contributed by atoms with Gasteiger partial charge in [-0.2, -0.15) is 22.5 Å². The lowest BCUT2D eigenvalue weighted by atomic mass is 10.0. The van der Waals surface area contributed by atoms with Crippen molar-refractivity contribution in [3.8, 4) is 5.75 Å². The number of ether oxygens (including phenoxy) is 1.